The molecule has 0 saturated heterocycles. The highest BCUT2D eigenvalue weighted by atomic mass is 16.6. The Morgan fingerprint density at radius 2 is 0.781 bits per heavy atom. The normalized spacial score (nSPS) is 12.0. The summed E-state index contributed by atoms with van der Waals surface area (Å²) >= 11 is 0. The molecule has 1 N–H and O–H groups in total. The lowest BCUT2D eigenvalue weighted by molar-refractivity contribution is -0.146. The molecule has 0 bridgehead atoms. The van der Waals surface area contributed by atoms with Crippen molar-refractivity contribution in [2.75, 3.05) is 172 Å². The number of hydrogen-bond acceptors (Lipinski definition) is 16. The molecule has 0 atom stereocenters. The Labute approximate surface area is 377 Å². The predicted molar refractivity (Wildman–Crippen MR) is 234 cm³/mol. The van der Waals surface area contributed by atoms with Gasteiger partial charge in [-0.3, -0.25) is 9.59 Å². The van der Waals surface area contributed by atoms with Crippen LogP contribution in [0.2, 0.25) is 0 Å². The molecule has 3 rings (SSSR count). The van der Waals surface area contributed by atoms with E-state index in [0.29, 0.717) is 158 Å². The molecule has 2 aromatic carbocycles. The van der Waals surface area contributed by atoms with E-state index in [1.54, 1.807) is 7.05 Å². The summed E-state index contributed by atoms with van der Waals surface area (Å²) < 4.78 is 71.1. The van der Waals surface area contributed by atoms with Gasteiger partial charge < -0.3 is 71.6 Å². The molecule has 0 saturated carbocycles. The Balaban J connectivity index is 0.932. The van der Waals surface area contributed by atoms with Gasteiger partial charge in [0, 0.05) is 32.4 Å². The first-order chi connectivity index (χ1) is 31.5. The number of hydrogen-bond donors (Lipinski definition) is 1. The highest BCUT2D eigenvalue weighted by Crippen LogP contribution is 2.44. The minimum absolute atomic E-state index is 0.0297. The predicted octanol–water partition coefficient (Wildman–Crippen LogP) is 4.24. The number of ether oxygens (including phenoxy) is 13. The van der Waals surface area contributed by atoms with E-state index in [1.165, 1.54) is 27.2 Å². The van der Waals surface area contributed by atoms with Crippen LogP contribution in [0, 0.1) is 0 Å². The topological polar surface area (TPSA) is 195 Å². The number of nitrogens with zero attached hydrogens (tertiary/aromatic N) is 1. The molecule has 0 aromatic heterocycles. The fourth-order valence-electron chi connectivity index (χ4n) is 6.13. The molecule has 362 valence electrons. The van der Waals surface area contributed by atoms with Gasteiger partial charge in [0.05, 0.1) is 145 Å². The third kappa shape index (κ3) is 26.2. The van der Waals surface area contributed by atoms with Gasteiger partial charge in [0.2, 0.25) is 0 Å². The Morgan fingerprint density at radius 3 is 1.16 bits per heavy atom. The molecule has 0 heterocycles. The van der Waals surface area contributed by atoms with Crippen LogP contribution >= 0.6 is 0 Å². The highest BCUT2D eigenvalue weighted by molar-refractivity contribution is 5.79. The zero-order valence-corrected chi connectivity index (χ0v) is 37.6. The van der Waals surface area contributed by atoms with E-state index in [-0.39, 0.29) is 50.6 Å². The molecule has 18 heteroatoms. The number of aliphatic carboxylic acids is 1. The van der Waals surface area contributed by atoms with Crippen LogP contribution < -0.4 is 0 Å². The van der Waals surface area contributed by atoms with Crippen LogP contribution in [0.1, 0.15) is 42.7 Å². The molecule has 0 radical (unpaired) electrons. The fourth-order valence-corrected chi connectivity index (χ4v) is 6.13. The van der Waals surface area contributed by atoms with Crippen LogP contribution in [0.3, 0.4) is 0 Å². The van der Waals surface area contributed by atoms with Gasteiger partial charge in [0.1, 0.15) is 13.2 Å². The molecule has 1 amide bonds. The lowest BCUT2D eigenvalue weighted by Crippen LogP contribution is -2.32. The van der Waals surface area contributed by atoms with Gasteiger partial charge in [-0.25, -0.2) is 4.79 Å². The van der Waals surface area contributed by atoms with Crippen molar-refractivity contribution < 1.29 is 81.1 Å². The number of amides is 1. The van der Waals surface area contributed by atoms with E-state index in [0.717, 1.165) is 0 Å². The van der Waals surface area contributed by atoms with Gasteiger partial charge in [-0.05, 0) is 35.1 Å². The summed E-state index contributed by atoms with van der Waals surface area (Å²) in [5, 5.41) is 8.57. The van der Waals surface area contributed by atoms with Gasteiger partial charge >= 0.3 is 18.0 Å². The van der Waals surface area contributed by atoms with E-state index in [9.17, 15) is 14.4 Å². The van der Waals surface area contributed by atoms with E-state index < -0.39 is 5.97 Å². The average molecular weight is 910 g/mol. The first-order valence-corrected chi connectivity index (χ1v) is 22.3. The van der Waals surface area contributed by atoms with Crippen LogP contribution in [-0.4, -0.2) is 200 Å². The summed E-state index contributed by atoms with van der Waals surface area (Å²) in [6.07, 6.45) is 0.839. The molecule has 1 aliphatic rings. The van der Waals surface area contributed by atoms with Crippen molar-refractivity contribution in [3.05, 3.63) is 59.7 Å². The van der Waals surface area contributed by atoms with E-state index >= 15 is 0 Å². The van der Waals surface area contributed by atoms with Crippen molar-refractivity contribution in [1.29, 1.82) is 0 Å². The molecule has 1 aliphatic carbocycles. The Hall–Kier alpha value is -3.79. The maximum atomic E-state index is 12.6. The number of carbonyl (C=O) groups is 3. The van der Waals surface area contributed by atoms with E-state index in [1.807, 2.05) is 24.3 Å². The van der Waals surface area contributed by atoms with Crippen LogP contribution in [0.5, 0.6) is 0 Å². The molecule has 64 heavy (non-hydrogen) atoms. The van der Waals surface area contributed by atoms with E-state index in [2.05, 4.69) is 24.3 Å². The number of carboxylic acids is 1. The Bertz CT molecular complexity index is 1450. The molecular weight excluding hydrogens is 838 g/mol. The molecule has 0 spiro atoms. The number of carboxylic acid groups (broad SMARTS) is 1. The lowest BCUT2D eigenvalue weighted by Gasteiger charge is -2.19. The van der Waals surface area contributed by atoms with Crippen molar-refractivity contribution in [2.45, 2.75) is 31.6 Å². The number of likely N-dealkylation sites (N-methyl/N-ethyl adjacent to an activating group) is 1. The van der Waals surface area contributed by atoms with Gasteiger partial charge in [0.25, 0.3) is 0 Å². The molecule has 0 unspecified atom stereocenters. The van der Waals surface area contributed by atoms with Gasteiger partial charge in [-0.2, -0.15) is 0 Å². The minimum Gasteiger partial charge on any atom is -0.481 e. The monoisotopic (exact) mass is 909 g/mol. The summed E-state index contributed by atoms with van der Waals surface area (Å²) in [6.45, 7) is 10.5. The van der Waals surface area contributed by atoms with Crippen molar-refractivity contribution in [1.82, 2.24) is 4.90 Å². The zero-order chi connectivity index (χ0) is 45.6. The van der Waals surface area contributed by atoms with E-state index in [4.69, 9.17) is 66.7 Å². The van der Waals surface area contributed by atoms with Crippen molar-refractivity contribution in [3.8, 4) is 11.1 Å². The van der Waals surface area contributed by atoms with Crippen molar-refractivity contribution in [3.63, 3.8) is 0 Å². The summed E-state index contributed by atoms with van der Waals surface area (Å²) in [4.78, 5) is 36.1. The second kappa shape index (κ2) is 37.4. The third-order valence-corrected chi connectivity index (χ3v) is 9.45. The molecule has 0 fully saturated rings. The molecule has 0 aliphatic heterocycles. The summed E-state index contributed by atoms with van der Waals surface area (Å²) in [7, 11) is 1.71. The van der Waals surface area contributed by atoms with Crippen LogP contribution in [-0.2, 0) is 71.2 Å². The number of esters is 1. The molecule has 2 aromatic rings. The fraction of sp³-hybridized carbons (Fsp3) is 0.674. The average Bonchev–Trinajstić information content (AvgIpc) is 3.62. The summed E-state index contributed by atoms with van der Waals surface area (Å²) in [5.74, 6) is -1.19. The first-order valence-electron chi connectivity index (χ1n) is 22.3. The van der Waals surface area contributed by atoms with Crippen LogP contribution in [0.4, 0.5) is 4.79 Å². The smallest absolute Gasteiger partial charge is 0.409 e. The highest BCUT2D eigenvalue weighted by Gasteiger charge is 2.29. The maximum Gasteiger partial charge on any atom is 0.409 e. The zero-order valence-electron chi connectivity index (χ0n) is 37.6. The largest absolute Gasteiger partial charge is 0.481 e. The van der Waals surface area contributed by atoms with Crippen molar-refractivity contribution >= 4 is 18.0 Å². The number of carbonyl (C=O) groups excluding carboxylic acids is 2. The number of rotatable bonds is 43. The summed E-state index contributed by atoms with van der Waals surface area (Å²) in [6, 6.07) is 16.5. The Kier molecular flexibility index (Phi) is 31.9. The van der Waals surface area contributed by atoms with Crippen molar-refractivity contribution in [2.24, 2.45) is 0 Å². The standard InChI is InChI=1S/C46H71NO17/c1-47(46(51)64-38-43-41-10-4-2-8-39(41)40-9-3-5-11-42(40)43)14-15-52-16-17-53-18-19-54-20-21-55-22-23-56-24-25-57-26-27-58-28-29-59-30-31-60-32-33-61-34-35-62-36-37-63-45(50)13-7-6-12-44(48)49/h2-5,8-11,43H,6-7,12-38H2,1H3,(H,48,49). The number of unbranched alkanes of at least 4 members (excludes halogenated alkanes) is 1. The first kappa shape index (κ1) is 54.5. The second-order valence-electron chi connectivity index (χ2n) is 14.3. The quantitative estimate of drug-likeness (QED) is 0.0733. The molecule has 18 nitrogen and oxygen atoms in total. The minimum atomic E-state index is -0.867. The molecular formula is C46H71NO17. The third-order valence-electron chi connectivity index (χ3n) is 9.45. The van der Waals surface area contributed by atoms with Gasteiger partial charge in [-0.1, -0.05) is 48.5 Å². The van der Waals surface area contributed by atoms with Crippen LogP contribution in [0.15, 0.2) is 48.5 Å². The SMILES string of the molecule is CN(CCOCCOCCOCCOCCOCCOCCOCCOCCOCCOCCOCCOC(=O)CCCCC(=O)O)C(=O)OCC1c2ccccc2-c2ccccc21. The summed E-state index contributed by atoms with van der Waals surface area (Å²) in [5.41, 5.74) is 4.77. The lowest BCUT2D eigenvalue weighted by atomic mass is 9.98. The maximum absolute atomic E-state index is 12.6. The van der Waals surface area contributed by atoms with Gasteiger partial charge in [0.15, 0.2) is 0 Å². The van der Waals surface area contributed by atoms with Crippen LogP contribution in [0.25, 0.3) is 11.1 Å². The number of fused-ring (bicyclic) bond motifs is 3. The second-order valence-corrected chi connectivity index (χ2v) is 14.3. The van der Waals surface area contributed by atoms with Gasteiger partial charge in [-0.15, -0.1) is 0 Å². The number of benzene rings is 2. The Morgan fingerprint density at radius 1 is 0.453 bits per heavy atom.